The van der Waals surface area contributed by atoms with Crippen LogP contribution < -0.4 is 10.6 Å². The van der Waals surface area contributed by atoms with E-state index in [1.54, 1.807) is 0 Å². The van der Waals surface area contributed by atoms with Gasteiger partial charge in [0.25, 0.3) is 5.91 Å². The van der Waals surface area contributed by atoms with Crippen LogP contribution in [0.15, 0.2) is 24.3 Å². The minimum absolute atomic E-state index is 0.0464. The summed E-state index contributed by atoms with van der Waals surface area (Å²) in [5, 5.41) is 6.94. The highest BCUT2D eigenvalue weighted by molar-refractivity contribution is 7.10. The van der Waals surface area contributed by atoms with Crippen LogP contribution in [0, 0.1) is 6.92 Å². The number of carbonyl (C=O) groups excluding carboxylic acids is 1. The van der Waals surface area contributed by atoms with Crippen LogP contribution in [-0.2, 0) is 13.0 Å². The molecule has 0 radical (unpaired) electrons. The van der Waals surface area contributed by atoms with Gasteiger partial charge in [-0.05, 0) is 42.9 Å². The Morgan fingerprint density at radius 3 is 2.88 bits per heavy atom. The molecule has 0 saturated carbocycles. The van der Waals surface area contributed by atoms with Crippen molar-refractivity contribution in [3.05, 3.63) is 46.6 Å². The predicted octanol–water partition coefficient (Wildman–Crippen LogP) is 2.67. The lowest BCUT2D eigenvalue weighted by Crippen LogP contribution is -2.44. The summed E-state index contributed by atoms with van der Waals surface area (Å²) in [5.74, 6) is -0.0464. The van der Waals surface area contributed by atoms with Crippen molar-refractivity contribution in [1.29, 1.82) is 0 Å². The topological polar surface area (TPSA) is 57.3 Å². The fourth-order valence-corrected chi connectivity index (χ4v) is 3.90. The van der Waals surface area contributed by atoms with E-state index in [1.165, 1.54) is 22.7 Å². The van der Waals surface area contributed by atoms with Crippen molar-refractivity contribution < 1.29 is 4.79 Å². The summed E-state index contributed by atoms with van der Waals surface area (Å²) in [6.45, 7) is 6.67. The Kier molecular flexibility index (Phi) is 5.16. The summed E-state index contributed by atoms with van der Waals surface area (Å²) in [6, 6.07) is 8.92. The Morgan fingerprint density at radius 1 is 1.38 bits per heavy atom. The second-order valence-electron chi connectivity index (χ2n) is 6.27. The van der Waals surface area contributed by atoms with Crippen LogP contribution in [0.25, 0.3) is 0 Å². The fraction of sp³-hybridized carbons (Fsp3) is 0.444. The first-order chi connectivity index (χ1) is 11.6. The molecule has 128 valence electrons. The number of carbonyl (C=O) groups is 1. The van der Waals surface area contributed by atoms with Crippen molar-refractivity contribution in [3.63, 3.8) is 0 Å². The van der Waals surface area contributed by atoms with Crippen LogP contribution in [0.2, 0.25) is 0 Å². The smallest absolute Gasteiger partial charge is 0.256 e. The maximum absolute atomic E-state index is 12.5. The van der Waals surface area contributed by atoms with Gasteiger partial charge in [0.2, 0.25) is 0 Å². The Bertz CT molecular complexity index is 728. The van der Waals surface area contributed by atoms with E-state index in [-0.39, 0.29) is 5.91 Å². The third kappa shape index (κ3) is 3.44. The van der Waals surface area contributed by atoms with Gasteiger partial charge >= 0.3 is 0 Å². The zero-order chi connectivity index (χ0) is 17.1. The minimum atomic E-state index is -0.0464. The average Bonchev–Trinajstić information content (AvgIpc) is 2.99. The number of benzene rings is 1. The third-order valence-electron chi connectivity index (χ3n) is 4.66. The average molecular weight is 344 g/mol. The number of nitrogens with zero attached hydrogens (tertiary/aromatic N) is 2. The van der Waals surface area contributed by atoms with Gasteiger partial charge in [-0.25, -0.2) is 0 Å². The Balaban J connectivity index is 1.59. The Morgan fingerprint density at radius 2 is 2.12 bits per heavy atom. The van der Waals surface area contributed by atoms with Crippen LogP contribution >= 0.6 is 11.5 Å². The predicted molar refractivity (Wildman–Crippen MR) is 98.7 cm³/mol. The normalized spacial score (nSPS) is 15.6. The van der Waals surface area contributed by atoms with E-state index in [1.807, 2.05) is 14.0 Å². The highest BCUT2D eigenvalue weighted by Gasteiger charge is 2.22. The molecule has 1 amide bonds. The van der Waals surface area contributed by atoms with E-state index in [0.717, 1.165) is 30.2 Å². The maximum atomic E-state index is 12.5. The first-order valence-electron chi connectivity index (χ1n) is 8.33. The van der Waals surface area contributed by atoms with Crippen LogP contribution in [0.3, 0.4) is 0 Å². The third-order valence-corrected chi connectivity index (χ3v) is 5.61. The molecule has 2 aromatic rings. The number of nitrogens with one attached hydrogen (secondary N) is 2. The molecule has 1 aromatic carbocycles. The zero-order valence-electron chi connectivity index (χ0n) is 14.4. The largest absolute Gasteiger partial charge is 0.378 e. The van der Waals surface area contributed by atoms with Gasteiger partial charge in [-0.2, -0.15) is 4.37 Å². The minimum Gasteiger partial charge on any atom is -0.378 e. The Hall–Kier alpha value is -1.92. The van der Waals surface area contributed by atoms with E-state index in [2.05, 4.69) is 51.1 Å². The number of aryl methyl sites for hydroxylation is 1. The highest BCUT2D eigenvalue weighted by Crippen LogP contribution is 2.24. The lowest BCUT2D eigenvalue weighted by molar-refractivity contribution is 0.0933. The van der Waals surface area contributed by atoms with Gasteiger partial charge < -0.3 is 10.6 Å². The number of anilines is 1. The number of aromatic nitrogens is 1. The van der Waals surface area contributed by atoms with Gasteiger partial charge in [-0.3, -0.25) is 9.69 Å². The van der Waals surface area contributed by atoms with Gasteiger partial charge in [-0.1, -0.05) is 24.3 Å². The summed E-state index contributed by atoms with van der Waals surface area (Å²) in [7, 11) is 1.82. The molecule has 0 saturated heterocycles. The van der Waals surface area contributed by atoms with Gasteiger partial charge in [0.15, 0.2) is 0 Å². The van der Waals surface area contributed by atoms with Gasteiger partial charge in [0, 0.05) is 32.7 Å². The summed E-state index contributed by atoms with van der Waals surface area (Å²) >= 11 is 1.33. The summed E-state index contributed by atoms with van der Waals surface area (Å²) in [5.41, 5.74) is 4.29. The molecule has 24 heavy (non-hydrogen) atoms. The van der Waals surface area contributed by atoms with Crippen LogP contribution in [0.5, 0.6) is 0 Å². The molecule has 2 heterocycles. The molecule has 6 heteroatoms. The maximum Gasteiger partial charge on any atom is 0.256 e. The number of hydrogen-bond donors (Lipinski definition) is 2. The molecule has 5 nitrogen and oxygen atoms in total. The fourth-order valence-electron chi connectivity index (χ4n) is 3.16. The van der Waals surface area contributed by atoms with Crippen molar-refractivity contribution in [2.24, 2.45) is 0 Å². The quantitative estimate of drug-likeness (QED) is 0.876. The van der Waals surface area contributed by atoms with E-state index >= 15 is 0 Å². The molecule has 0 bridgehead atoms. The summed E-state index contributed by atoms with van der Waals surface area (Å²) in [4.78, 5) is 14.9. The molecule has 1 aromatic heterocycles. The van der Waals surface area contributed by atoms with Crippen molar-refractivity contribution in [3.8, 4) is 0 Å². The van der Waals surface area contributed by atoms with Crippen molar-refractivity contribution in [1.82, 2.24) is 14.6 Å². The molecule has 1 atom stereocenters. The molecule has 1 aliphatic rings. The zero-order valence-corrected chi connectivity index (χ0v) is 15.2. The molecule has 0 aliphatic carbocycles. The summed E-state index contributed by atoms with van der Waals surface area (Å²) < 4.78 is 4.26. The lowest BCUT2D eigenvalue weighted by Gasteiger charge is -2.33. The molecular formula is C18H24N4OS. The van der Waals surface area contributed by atoms with E-state index in [9.17, 15) is 4.79 Å². The first-order valence-corrected chi connectivity index (χ1v) is 9.10. The van der Waals surface area contributed by atoms with Crippen LogP contribution in [0.1, 0.15) is 34.1 Å². The van der Waals surface area contributed by atoms with Gasteiger partial charge in [-0.15, -0.1) is 0 Å². The number of hydrogen-bond acceptors (Lipinski definition) is 5. The van der Waals surface area contributed by atoms with Crippen LogP contribution in [-0.4, -0.2) is 41.4 Å². The van der Waals surface area contributed by atoms with E-state index in [4.69, 9.17) is 0 Å². The molecule has 2 N–H and O–H groups in total. The second-order valence-corrected chi connectivity index (χ2v) is 7.04. The SMILES string of the molecule is CNc1snc(C)c1C(=O)NC[C@H](C)N1CCc2ccccc2C1. The standard InChI is InChI=1S/C18H24N4OS/c1-12(22-9-8-14-6-4-5-7-15(14)11-22)10-20-17(23)16-13(2)21-24-18(16)19-3/h4-7,12,19H,8-11H2,1-3H3,(H,20,23)/t12-/m0/s1. The van der Waals surface area contributed by atoms with Crippen molar-refractivity contribution in [2.45, 2.75) is 32.9 Å². The molecule has 0 fully saturated rings. The summed E-state index contributed by atoms with van der Waals surface area (Å²) in [6.07, 6.45) is 1.08. The van der Waals surface area contributed by atoms with Crippen molar-refractivity contribution in [2.75, 3.05) is 25.5 Å². The van der Waals surface area contributed by atoms with Crippen LogP contribution in [0.4, 0.5) is 5.00 Å². The monoisotopic (exact) mass is 344 g/mol. The number of fused-ring (bicyclic) bond motifs is 1. The molecular weight excluding hydrogens is 320 g/mol. The van der Waals surface area contributed by atoms with E-state index < -0.39 is 0 Å². The molecule has 3 rings (SSSR count). The number of amides is 1. The van der Waals surface area contributed by atoms with Crippen molar-refractivity contribution >= 4 is 22.4 Å². The number of rotatable bonds is 5. The first kappa shape index (κ1) is 16.9. The molecule has 0 unspecified atom stereocenters. The van der Waals surface area contributed by atoms with E-state index in [0.29, 0.717) is 18.2 Å². The molecule has 1 aliphatic heterocycles. The molecule has 0 spiro atoms. The van der Waals surface area contributed by atoms with Gasteiger partial charge in [0.1, 0.15) is 5.00 Å². The highest BCUT2D eigenvalue weighted by atomic mass is 32.1. The van der Waals surface area contributed by atoms with Gasteiger partial charge in [0.05, 0.1) is 11.3 Å². The Labute approximate surface area is 147 Å². The lowest BCUT2D eigenvalue weighted by atomic mass is 9.99. The second kappa shape index (κ2) is 7.32.